The zero-order chi connectivity index (χ0) is 16.5. The molecule has 0 amide bonds. The summed E-state index contributed by atoms with van der Waals surface area (Å²) in [6.07, 6.45) is 5.52. The maximum absolute atomic E-state index is 4.45. The van der Waals surface area contributed by atoms with Gasteiger partial charge in [-0.1, -0.05) is 30.3 Å². The largest absolute Gasteiger partial charge is 0.338 e. The highest BCUT2D eigenvalue weighted by Crippen LogP contribution is 2.16. The van der Waals surface area contributed by atoms with Crippen molar-refractivity contribution in [2.45, 2.75) is 13.8 Å². The van der Waals surface area contributed by atoms with E-state index in [1.807, 2.05) is 68.6 Å². The van der Waals surface area contributed by atoms with Gasteiger partial charge in [0.25, 0.3) is 5.78 Å². The highest BCUT2D eigenvalue weighted by atomic mass is 15.3. The Morgan fingerprint density at radius 1 is 1.04 bits per heavy atom. The molecule has 24 heavy (non-hydrogen) atoms. The Kier molecular flexibility index (Phi) is 3.42. The summed E-state index contributed by atoms with van der Waals surface area (Å²) in [4.78, 5) is 16.5. The molecule has 0 fully saturated rings. The second kappa shape index (κ2) is 5.73. The van der Waals surface area contributed by atoms with Crippen LogP contribution in [0.2, 0.25) is 0 Å². The van der Waals surface area contributed by atoms with Gasteiger partial charge in [-0.05, 0) is 37.6 Å². The lowest BCUT2D eigenvalue weighted by atomic mass is 10.2. The Balaban J connectivity index is 1.62. The molecule has 1 aromatic carbocycles. The van der Waals surface area contributed by atoms with Crippen LogP contribution in [0.5, 0.6) is 0 Å². The number of nitrogens with zero attached hydrogens (tertiary/aromatic N) is 5. The van der Waals surface area contributed by atoms with Crippen LogP contribution in [0, 0.1) is 13.8 Å². The van der Waals surface area contributed by atoms with Gasteiger partial charge in [0.1, 0.15) is 5.82 Å². The van der Waals surface area contributed by atoms with Crippen LogP contribution in [0.1, 0.15) is 23.0 Å². The van der Waals surface area contributed by atoms with Gasteiger partial charge in [0.2, 0.25) is 0 Å². The van der Waals surface area contributed by atoms with E-state index < -0.39 is 0 Å². The first-order chi connectivity index (χ1) is 11.7. The summed E-state index contributed by atoms with van der Waals surface area (Å²) in [5, 5.41) is 4.45. The molecule has 0 spiro atoms. The number of aromatic nitrogens is 6. The number of fused-ring (bicyclic) bond motifs is 1. The van der Waals surface area contributed by atoms with E-state index in [1.165, 1.54) is 0 Å². The van der Waals surface area contributed by atoms with Crippen molar-refractivity contribution in [2.75, 3.05) is 0 Å². The highest BCUT2D eigenvalue weighted by Gasteiger charge is 2.06. The molecule has 4 rings (SSSR count). The molecule has 1 N–H and O–H groups in total. The van der Waals surface area contributed by atoms with Crippen LogP contribution in [-0.4, -0.2) is 29.5 Å². The summed E-state index contributed by atoms with van der Waals surface area (Å²) in [5.74, 6) is 1.97. The predicted molar refractivity (Wildman–Crippen MR) is 93.2 cm³/mol. The van der Waals surface area contributed by atoms with Gasteiger partial charge >= 0.3 is 0 Å². The van der Waals surface area contributed by atoms with E-state index in [1.54, 1.807) is 4.52 Å². The maximum Gasteiger partial charge on any atom is 0.253 e. The molecular weight excluding hydrogens is 300 g/mol. The molecule has 0 unspecified atom stereocenters. The van der Waals surface area contributed by atoms with Crippen molar-refractivity contribution in [2.24, 2.45) is 0 Å². The van der Waals surface area contributed by atoms with Crippen molar-refractivity contribution < 1.29 is 0 Å². The molecule has 0 saturated heterocycles. The molecule has 0 aliphatic rings. The van der Waals surface area contributed by atoms with E-state index in [0.29, 0.717) is 11.6 Å². The number of aromatic amines is 1. The van der Waals surface area contributed by atoms with Gasteiger partial charge in [0.05, 0.1) is 11.9 Å². The van der Waals surface area contributed by atoms with Crippen molar-refractivity contribution >= 4 is 17.9 Å². The Morgan fingerprint density at radius 2 is 1.88 bits per heavy atom. The van der Waals surface area contributed by atoms with Crippen molar-refractivity contribution in [3.05, 3.63) is 65.6 Å². The quantitative estimate of drug-likeness (QED) is 0.629. The number of benzene rings is 1. The Morgan fingerprint density at radius 3 is 2.71 bits per heavy atom. The average Bonchev–Trinajstić information content (AvgIpc) is 3.20. The lowest BCUT2D eigenvalue weighted by Gasteiger charge is -1.97. The van der Waals surface area contributed by atoms with Crippen LogP contribution in [0.3, 0.4) is 0 Å². The Labute approximate surface area is 138 Å². The number of rotatable bonds is 3. The molecule has 0 saturated carbocycles. The van der Waals surface area contributed by atoms with Gasteiger partial charge in [-0.15, -0.1) is 5.10 Å². The van der Waals surface area contributed by atoms with Crippen LogP contribution >= 0.6 is 0 Å². The summed E-state index contributed by atoms with van der Waals surface area (Å²) in [6, 6.07) is 12.1. The first-order valence-electron chi connectivity index (χ1n) is 7.68. The molecule has 0 atom stereocenters. The van der Waals surface area contributed by atoms with E-state index in [9.17, 15) is 0 Å². The number of imidazole rings is 1. The van der Waals surface area contributed by atoms with Crippen molar-refractivity contribution in [3.63, 3.8) is 0 Å². The SMILES string of the molecule is Cc1cc(C)n2nc(C=Cc3ncc(-c4ccccc4)[nH]3)nc2n1. The molecule has 0 radical (unpaired) electrons. The molecule has 3 heterocycles. The number of hydrogen-bond acceptors (Lipinski definition) is 4. The fourth-order valence-corrected chi connectivity index (χ4v) is 2.59. The van der Waals surface area contributed by atoms with E-state index >= 15 is 0 Å². The second-order valence-corrected chi connectivity index (χ2v) is 5.60. The van der Waals surface area contributed by atoms with Gasteiger partial charge in [-0.2, -0.15) is 4.98 Å². The smallest absolute Gasteiger partial charge is 0.253 e. The average molecular weight is 316 g/mol. The molecule has 118 valence electrons. The van der Waals surface area contributed by atoms with Crippen LogP contribution in [0.4, 0.5) is 0 Å². The standard InChI is InChI=1S/C18H16N6/c1-12-10-13(2)24-18(20-12)22-17(23-24)9-8-16-19-11-15(21-16)14-6-4-3-5-7-14/h3-11H,1-2H3,(H,19,21). The Bertz CT molecular complexity index is 1030. The van der Waals surface area contributed by atoms with Gasteiger partial charge < -0.3 is 4.98 Å². The van der Waals surface area contributed by atoms with Crippen LogP contribution in [0.15, 0.2) is 42.6 Å². The fraction of sp³-hybridized carbons (Fsp3) is 0.111. The predicted octanol–water partition coefficient (Wildman–Crippen LogP) is 3.30. The first kappa shape index (κ1) is 14.3. The minimum Gasteiger partial charge on any atom is -0.338 e. The molecule has 0 aliphatic carbocycles. The van der Waals surface area contributed by atoms with E-state index in [-0.39, 0.29) is 0 Å². The maximum atomic E-state index is 4.45. The van der Waals surface area contributed by atoms with Crippen LogP contribution < -0.4 is 0 Å². The number of H-pyrrole nitrogens is 1. The second-order valence-electron chi connectivity index (χ2n) is 5.60. The normalized spacial score (nSPS) is 11.6. The topological polar surface area (TPSA) is 71.8 Å². The van der Waals surface area contributed by atoms with Gasteiger partial charge in [-0.3, -0.25) is 0 Å². The van der Waals surface area contributed by atoms with Crippen LogP contribution in [-0.2, 0) is 0 Å². The zero-order valence-corrected chi connectivity index (χ0v) is 13.4. The molecular formula is C18H16N6. The zero-order valence-electron chi connectivity index (χ0n) is 13.4. The third-order valence-electron chi connectivity index (χ3n) is 3.71. The van der Waals surface area contributed by atoms with E-state index in [2.05, 4.69) is 25.0 Å². The third kappa shape index (κ3) is 2.69. The number of nitrogens with one attached hydrogen (secondary N) is 1. The molecule has 0 aliphatic heterocycles. The molecule has 6 heteroatoms. The van der Waals surface area contributed by atoms with Gasteiger partial charge in [0.15, 0.2) is 5.82 Å². The minimum atomic E-state index is 0.605. The molecule has 6 nitrogen and oxygen atoms in total. The van der Waals surface area contributed by atoms with Crippen molar-refractivity contribution in [1.29, 1.82) is 0 Å². The molecule has 0 bridgehead atoms. The summed E-state index contributed by atoms with van der Waals surface area (Å²) in [5.41, 5.74) is 4.02. The molecule has 4 aromatic rings. The van der Waals surface area contributed by atoms with E-state index in [4.69, 9.17) is 0 Å². The molecule has 3 aromatic heterocycles. The first-order valence-corrected chi connectivity index (χ1v) is 7.68. The Hall–Kier alpha value is -3.28. The van der Waals surface area contributed by atoms with Gasteiger partial charge in [-0.25, -0.2) is 14.5 Å². The minimum absolute atomic E-state index is 0.605. The highest BCUT2D eigenvalue weighted by molar-refractivity contribution is 5.66. The number of hydrogen-bond donors (Lipinski definition) is 1. The lowest BCUT2D eigenvalue weighted by Crippen LogP contribution is -1.97. The summed E-state index contributed by atoms with van der Waals surface area (Å²) < 4.78 is 1.74. The number of aryl methyl sites for hydroxylation is 2. The van der Waals surface area contributed by atoms with Crippen molar-refractivity contribution in [1.82, 2.24) is 29.5 Å². The summed E-state index contributed by atoms with van der Waals surface area (Å²) >= 11 is 0. The fourth-order valence-electron chi connectivity index (χ4n) is 2.59. The van der Waals surface area contributed by atoms with Gasteiger partial charge in [0, 0.05) is 11.4 Å². The third-order valence-corrected chi connectivity index (χ3v) is 3.71. The summed E-state index contributed by atoms with van der Waals surface area (Å²) in [7, 11) is 0. The van der Waals surface area contributed by atoms with E-state index in [0.717, 1.165) is 28.5 Å². The monoisotopic (exact) mass is 316 g/mol. The lowest BCUT2D eigenvalue weighted by molar-refractivity contribution is 0.881. The summed E-state index contributed by atoms with van der Waals surface area (Å²) in [6.45, 7) is 3.94. The van der Waals surface area contributed by atoms with Crippen molar-refractivity contribution in [3.8, 4) is 11.3 Å². The van der Waals surface area contributed by atoms with Crippen LogP contribution in [0.25, 0.3) is 29.2 Å².